The maximum Gasteiger partial charge on any atom is 0.246 e. The van der Waals surface area contributed by atoms with Crippen molar-refractivity contribution in [2.45, 2.75) is 37.0 Å². The Morgan fingerprint density at radius 2 is 1.67 bits per heavy atom. The molecule has 24 heavy (non-hydrogen) atoms. The fourth-order valence-corrected chi connectivity index (χ4v) is 5.66. The van der Waals surface area contributed by atoms with Gasteiger partial charge in [0.25, 0.3) is 0 Å². The van der Waals surface area contributed by atoms with Crippen LogP contribution in [0.1, 0.15) is 32.1 Å². The van der Waals surface area contributed by atoms with Crippen LogP contribution < -0.4 is 4.74 Å². The van der Waals surface area contributed by atoms with Gasteiger partial charge in [-0.25, -0.2) is 8.42 Å². The van der Waals surface area contributed by atoms with Gasteiger partial charge in [0.1, 0.15) is 10.6 Å². The van der Waals surface area contributed by atoms with E-state index in [1.54, 1.807) is 28.6 Å². The van der Waals surface area contributed by atoms with E-state index >= 15 is 0 Å². The van der Waals surface area contributed by atoms with Crippen LogP contribution in [0, 0.1) is 5.41 Å². The molecule has 0 bridgehead atoms. The van der Waals surface area contributed by atoms with Crippen LogP contribution in [-0.4, -0.2) is 58.0 Å². The van der Waals surface area contributed by atoms with Gasteiger partial charge in [0.2, 0.25) is 10.0 Å². The molecule has 6 heteroatoms. The molecule has 2 saturated heterocycles. The van der Waals surface area contributed by atoms with Gasteiger partial charge >= 0.3 is 0 Å². The minimum absolute atomic E-state index is 0.282. The Kier molecular flexibility index (Phi) is 5.18. The lowest BCUT2D eigenvalue weighted by atomic mass is 9.73. The fourth-order valence-electron chi connectivity index (χ4n) is 4.06. The third kappa shape index (κ3) is 3.46. The number of rotatable bonds is 3. The molecule has 0 saturated carbocycles. The van der Waals surface area contributed by atoms with E-state index in [0.29, 0.717) is 24.3 Å². The molecule has 3 rings (SSSR count). The van der Waals surface area contributed by atoms with Crippen molar-refractivity contribution >= 4 is 10.0 Å². The third-order valence-corrected chi connectivity index (χ3v) is 7.68. The first kappa shape index (κ1) is 17.7. The fraction of sp³-hybridized carbons (Fsp3) is 0.667. The highest BCUT2D eigenvalue weighted by atomic mass is 32.2. The van der Waals surface area contributed by atoms with Gasteiger partial charge in [0.15, 0.2) is 0 Å². The normalized spacial score (nSPS) is 23.1. The van der Waals surface area contributed by atoms with E-state index in [0.717, 1.165) is 25.9 Å². The molecule has 0 aromatic heterocycles. The van der Waals surface area contributed by atoms with Crippen molar-refractivity contribution in [1.82, 2.24) is 9.21 Å². The first-order valence-electron chi connectivity index (χ1n) is 8.79. The molecule has 0 unspecified atom stereocenters. The Balaban J connectivity index is 1.74. The summed E-state index contributed by atoms with van der Waals surface area (Å²) in [4.78, 5) is 2.68. The Hall–Kier alpha value is -1.11. The quantitative estimate of drug-likeness (QED) is 0.839. The highest BCUT2D eigenvalue weighted by Gasteiger charge is 2.39. The number of piperidine rings is 1. The molecule has 134 valence electrons. The summed E-state index contributed by atoms with van der Waals surface area (Å²) in [6.45, 7) is 3.51. The van der Waals surface area contributed by atoms with E-state index in [9.17, 15) is 8.42 Å². The van der Waals surface area contributed by atoms with Crippen LogP contribution in [0.15, 0.2) is 29.2 Å². The van der Waals surface area contributed by atoms with Crippen LogP contribution in [0.5, 0.6) is 5.75 Å². The molecule has 2 aliphatic heterocycles. The lowest BCUT2D eigenvalue weighted by Crippen LogP contribution is -2.43. The zero-order valence-corrected chi connectivity index (χ0v) is 15.5. The molecule has 0 atom stereocenters. The van der Waals surface area contributed by atoms with Crippen molar-refractivity contribution in [3.05, 3.63) is 24.3 Å². The van der Waals surface area contributed by atoms with Crippen LogP contribution in [-0.2, 0) is 10.0 Å². The average Bonchev–Trinajstić information content (AvgIpc) is 2.77. The monoisotopic (exact) mass is 352 g/mol. The van der Waals surface area contributed by atoms with Crippen molar-refractivity contribution in [1.29, 1.82) is 0 Å². The van der Waals surface area contributed by atoms with E-state index in [2.05, 4.69) is 11.9 Å². The Labute approximate surface area is 145 Å². The summed E-state index contributed by atoms with van der Waals surface area (Å²) in [5.74, 6) is 0.425. The number of ether oxygens (including phenoxy) is 1. The Morgan fingerprint density at radius 3 is 2.38 bits per heavy atom. The second-order valence-corrected chi connectivity index (χ2v) is 9.12. The lowest BCUT2D eigenvalue weighted by Gasteiger charge is -2.41. The van der Waals surface area contributed by atoms with E-state index < -0.39 is 10.0 Å². The zero-order valence-electron chi connectivity index (χ0n) is 14.7. The van der Waals surface area contributed by atoms with E-state index in [1.807, 2.05) is 0 Å². The number of likely N-dealkylation sites (tertiary alicyclic amines) is 1. The highest BCUT2D eigenvalue weighted by Crippen LogP contribution is 2.42. The smallest absolute Gasteiger partial charge is 0.246 e. The molecule has 0 radical (unpaired) electrons. The van der Waals surface area contributed by atoms with Crippen molar-refractivity contribution in [2.75, 3.05) is 40.3 Å². The van der Waals surface area contributed by atoms with Crippen LogP contribution >= 0.6 is 0 Å². The van der Waals surface area contributed by atoms with Crippen LogP contribution in [0.3, 0.4) is 0 Å². The number of methoxy groups -OCH3 is 1. The Morgan fingerprint density at radius 1 is 1.00 bits per heavy atom. The first-order chi connectivity index (χ1) is 11.5. The number of nitrogens with zero attached hydrogens (tertiary/aromatic N) is 2. The zero-order chi connectivity index (χ0) is 17.2. The molecule has 0 amide bonds. The summed E-state index contributed by atoms with van der Waals surface area (Å²) in [5.41, 5.74) is 0.331. The SMILES string of the molecule is COc1ccccc1S(=O)(=O)N1CCC2(CCCN(C)CC2)CC1. The summed E-state index contributed by atoms with van der Waals surface area (Å²) >= 11 is 0. The van der Waals surface area contributed by atoms with Gasteiger partial charge in [-0.1, -0.05) is 12.1 Å². The molecule has 1 aromatic carbocycles. The molecule has 5 nitrogen and oxygen atoms in total. The van der Waals surface area contributed by atoms with E-state index in [1.165, 1.54) is 26.4 Å². The van der Waals surface area contributed by atoms with Crippen LogP contribution in [0.25, 0.3) is 0 Å². The topological polar surface area (TPSA) is 49.9 Å². The minimum atomic E-state index is -3.48. The predicted octanol–water partition coefficient (Wildman–Crippen LogP) is 2.58. The van der Waals surface area contributed by atoms with Crippen LogP contribution in [0.2, 0.25) is 0 Å². The van der Waals surface area contributed by atoms with Crippen molar-refractivity contribution in [3.63, 3.8) is 0 Å². The number of para-hydroxylation sites is 1. The molecule has 1 spiro atoms. The molecule has 0 N–H and O–H groups in total. The summed E-state index contributed by atoms with van der Waals surface area (Å²) in [6, 6.07) is 6.89. The van der Waals surface area contributed by atoms with Gasteiger partial charge in [-0.05, 0) is 69.8 Å². The van der Waals surface area contributed by atoms with Gasteiger partial charge in [-0.3, -0.25) is 0 Å². The second-order valence-electron chi connectivity index (χ2n) is 7.21. The summed E-state index contributed by atoms with van der Waals surface area (Å²) in [5, 5.41) is 0. The summed E-state index contributed by atoms with van der Waals surface area (Å²) < 4.78 is 32.9. The molecule has 2 heterocycles. The molecular weight excluding hydrogens is 324 g/mol. The second kappa shape index (κ2) is 7.02. The molecule has 1 aromatic rings. The minimum Gasteiger partial charge on any atom is -0.495 e. The standard InChI is InChI=1S/C18H28N2O3S/c1-19-12-5-8-18(9-13-19)10-14-20(15-11-18)24(21,22)17-7-4-3-6-16(17)23-2/h3-4,6-7H,5,8-15H2,1-2H3. The van der Waals surface area contributed by atoms with Crippen molar-refractivity contribution in [2.24, 2.45) is 5.41 Å². The van der Waals surface area contributed by atoms with Crippen LogP contribution in [0.4, 0.5) is 0 Å². The largest absolute Gasteiger partial charge is 0.495 e. The van der Waals surface area contributed by atoms with Gasteiger partial charge in [-0.15, -0.1) is 0 Å². The number of sulfonamides is 1. The number of hydrogen-bond donors (Lipinski definition) is 0. The van der Waals surface area contributed by atoms with Crippen molar-refractivity contribution < 1.29 is 13.2 Å². The molecular formula is C18H28N2O3S. The highest BCUT2D eigenvalue weighted by molar-refractivity contribution is 7.89. The van der Waals surface area contributed by atoms with Gasteiger partial charge < -0.3 is 9.64 Å². The lowest BCUT2D eigenvalue weighted by molar-refractivity contribution is 0.132. The summed E-state index contributed by atoms with van der Waals surface area (Å²) in [6.07, 6.45) is 5.56. The predicted molar refractivity (Wildman–Crippen MR) is 94.8 cm³/mol. The van der Waals surface area contributed by atoms with Gasteiger partial charge in [0.05, 0.1) is 7.11 Å². The molecule has 2 aliphatic rings. The molecule has 0 aliphatic carbocycles. The van der Waals surface area contributed by atoms with Gasteiger partial charge in [-0.2, -0.15) is 4.31 Å². The van der Waals surface area contributed by atoms with Crippen molar-refractivity contribution in [3.8, 4) is 5.75 Å². The Bertz CT molecular complexity index is 667. The first-order valence-corrected chi connectivity index (χ1v) is 10.2. The number of hydrogen-bond acceptors (Lipinski definition) is 4. The third-order valence-electron chi connectivity index (χ3n) is 5.74. The van der Waals surface area contributed by atoms with Gasteiger partial charge in [0, 0.05) is 13.1 Å². The molecule has 2 fully saturated rings. The van der Waals surface area contributed by atoms with E-state index in [4.69, 9.17) is 4.74 Å². The summed E-state index contributed by atoms with van der Waals surface area (Å²) in [7, 11) is 0.214. The average molecular weight is 353 g/mol. The maximum atomic E-state index is 13.0. The maximum absolute atomic E-state index is 13.0. The number of benzene rings is 1. The van der Waals surface area contributed by atoms with E-state index in [-0.39, 0.29) is 4.90 Å².